The number of pyridine rings is 1. The van der Waals surface area contributed by atoms with Crippen molar-refractivity contribution < 1.29 is 31.1 Å². The van der Waals surface area contributed by atoms with Gasteiger partial charge >= 0.3 is 12.4 Å². The molecular weight excluding hydrogens is 470 g/mol. The fourth-order valence-electron chi connectivity index (χ4n) is 3.47. The Morgan fingerprint density at radius 1 is 1.09 bits per heavy atom. The van der Waals surface area contributed by atoms with Crippen LogP contribution in [0, 0.1) is 6.92 Å². The first-order valence-corrected chi connectivity index (χ1v) is 10.2. The van der Waals surface area contributed by atoms with Crippen molar-refractivity contribution >= 4 is 33.0 Å². The van der Waals surface area contributed by atoms with E-state index in [0.29, 0.717) is 10.8 Å². The minimum atomic E-state index is -4.96. The second-order valence-corrected chi connectivity index (χ2v) is 8.06. The highest BCUT2D eigenvalue weighted by Crippen LogP contribution is 2.43. The van der Waals surface area contributed by atoms with E-state index in [1.54, 1.807) is 17.5 Å². The van der Waals surface area contributed by atoms with E-state index in [4.69, 9.17) is 0 Å². The van der Waals surface area contributed by atoms with Crippen molar-refractivity contribution in [3.8, 4) is 11.3 Å². The van der Waals surface area contributed by atoms with Crippen LogP contribution in [0.15, 0.2) is 41.9 Å². The molecule has 3 heterocycles. The number of alkyl halides is 6. The van der Waals surface area contributed by atoms with Crippen LogP contribution in [-0.2, 0) is 19.4 Å². The predicted octanol–water partition coefficient (Wildman–Crippen LogP) is 6.30. The van der Waals surface area contributed by atoms with Crippen molar-refractivity contribution in [1.29, 1.82) is 0 Å². The monoisotopic (exact) mass is 484 g/mol. The normalized spacial score (nSPS) is 12.4. The molecule has 0 bridgehead atoms. The molecule has 0 saturated heterocycles. The molecule has 0 aliphatic rings. The zero-order valence-electron chi connectivity index (χ0n) is 17.0. The standard InChI is InChI=1S/C21H14F6N4OS/c1-10-9-33-18-12(10)4-3-5-13(18)16-15(21(25,26)27)17(31(2)30-16)19(32)29-11-6-7-28-14(8-11)20(22,23)24/h3-9H,1-2H3,(H,28,29,32). The Bertz CT molecular complexity index is 1370. The molecular formula is C21H14F6N4OS. The molecule has 0 fully saturated rings. The lowest BCUT2D eigenvalue weighted by molar-refractivity contribution is -0.141. The second kappa shape index (κ2) is 7.87. The van der Waals surface area contributed by atoms with Gasteiger partial charge in [-0.05, 0) is 35.4 Å². The molecule has 0 atom stereocenters. The molecule has 1 amide bonds. The van der Waals surface area contributed by atoms with Crippen LogP contribution in [0.1, 0.15) is 27.3 Å². The zero-order chi connectivity index (χ0) is 24.1. The first-order chi connectivity index (χ1) is 15.4. The Balaban J connectivity index is 1.83. The fraction of sp³-hybridized carbons (Fsp3) is 0.190. The Kier molecular flexibility index (Phi) is 5.43. The van der Waals surface area contributed by atoms with Crippen molar-refractivity contribution in [1.82, 2.24) is 14.8 Å². The van der Waals surface area contributed by atoms with Crippen molar-refractivity contribution in [2.75, 3.05) is 5.32 Å². The number of halogens is 6. The second-order valence-electron chi connectivity index (χ2n) is 7.18. The van der Waals surface area contributed by atoms with E-state index in [1.165, 1.54) is 24.5 Å². The van der Waals surface area contributed by atoms with Crippen molar-refractivity contribution in [2.24, 2.45) is 7.05 Å². The molecule has 33 heavy (non-hydrogen) atoms. The van der Waals surface area contributed by atoms with Gasteiger partial charge in [-0.1, -0.05) is 18.2 Å². The van der Waals surface area contributed by atoms with E-state index < -0.39 is 40.9 Å². The summed E-state index contributed by atoms with van der Waals surface area (Å²) >= 11 is 1.25. The van der Waals surface area contributed by atoms with E-state index in [-0.39, 0.29) is 11.3 Å². The minimum absolute atomic E-state index is 0.204. The Morgan fingerprint density at radius 2 is 1.82 bits per heavy atom. The third-order valence-corrected chi connectivity index (χ3v) is 6.05. The number of thiophene rings is 1. The molecule has 12 heteroatoms. The van der Waals surface area contributed by atoms with Gasteiger partial charge in [-0.3, -0.25) is 14.5 Å². The Hall–Kier alpha value is -3.41. The van der Waals surface area contributed by atoms with E-state index in [0.717, 1.165) is 27.9 Å². The van der Waals surface area contributed by atoms with Gasteiger partial charge in [-0.15, -0.1) is 11.3 Å². The summed E-state index contributed by atoms with van der Waals surface area (Å²) in [4.78, 5) is 16.0. The van der Waals surface area contributed by atoms with Crippen molar-refractivity contribution in [3.05, 3.63) is 64.4 Å². The highest BCUT2D eigenvalue weighted by molar-refractivity contribution is 7.18. The average Bonchev–Trinajstić information content (AvgIpc) is 3.27. The molecule has 0 unspecified atom stereocenters. The number of fused-ring (bicyclic) bond motifs is 1. The van der Waals surface area contributed by atoms with Gasteiger partial charge in [0, 0.05) is 29.2 Å². The highest BCUT2D eigenvalue weighted by Gasteiger charge is 2.42. The molecule has 172 valence electrons. The van der Waals surface area contributed by atoms with Crippen LogP contribution in [0.25, 0.3) is 21.3 Å². The lowest BCUT2D eigenvalue weighted by atomic mass is 10.0. The van der Waals surface area contributed by atoms with Gasteiger partial charge in [0.2, 0.25) is 0 Å². The third-order valence-electron chi connectivity index (χ3n) is 4.90. The molecule has 0 saturated carbocycles. The molecule has 0 aliphatic carbocycles. The van der Waals surface area contributed by atoms with E-state index >= 15 is 0 Å². The van der Waals surface area contributed by atoms with Gasteiger partial charge in [-0.2, -0.15) is 31.4 Å². The molecule has 0 radical (unpaired) electrons. The first-order valence-electron chi connectivity index (χ1n) is 9.34. The van der Waals surface area contributed by atoms with Crippen molar-refractivity contribution in [2.45, 2.75) is 19.3 Å². The summed E-state index contributed by atoms with van der Waals surface area (Å²) in [5.74, 6) is -1.25. The lowest BCUT2D eigenvalue weighted by Gasteiger charge is -2.12. The number of rotatable bonds is 3. The maximum absolute atomic E-state index is 14.1. The molecule has 3 aromatic heterocycles. The highest BCUT2D eigenvalue weighted by atomic mass is 32.1. The summed E-state index contributed by atoms with van der Waals surface area (Å²) in [5.41, 5.74) is -3.09. The number of carbonyl (C=O) groups is 1. The number of hydrogen-bond donors (Lipinski definition) is 1. The average molecular weight is 484 g/mol. The molecule has 4 aromatic rings. The number of nitrogens with zero attached hydrogens (tertiary/aromatic N) is 3. The molecule has 1 N–H and O–H groups in total. The maximum Gasteiger partial charge on any atom is 0.433 e. The quantitative estimate of drug-likeness (QED) is 0.348. The third kappa shape index (κ3) is 4.17. The van der Waals surface area contributed by atoms with E-state index in [9.17, 15) is 31.1 Å². The molecule has 0 aliphatic heterocycles. The number of nitrogens with one attached hydrogen (secondary N) is 1. The summed E-state index contributed by atoms with van der Waals surface area (Å²) in [6.07, 6.45) is -8.94. The fourth-order valence-corrected chi connectivity index (χ4v) is 4.54. The molecule has 0 spiro atoms. The number of carbonyl (C=O) groups excluding carboxylic acids is 1. The summed E-state index contributed by atoms with van der Waals surface area (Å²) in [6.45, 7) is 1.83. The van der Waals surface area contributed by atoms with Gasteiger partial charge in [0.1, 0.15) is 22.6 Å². The van der Waals surface area contributed by atoms with E-state index in [2.05, 4.69) is 15.4 Å². The first kappa shape index (κ1) is 22.8. The van der Waals surface area contributed by atoms with Gasteiger partial charge in [0.05, 0.1) is 0 Å². The minimum Gasteiger partial charge on any atom is -0.321 e. The number of anilines is 1. The SMILES string of the molecule is Cc1csc2c(-c3nn(C)c(C(=O)Nc4ccnc(C(F)(F)F)c4)c3C(F)(F)F)cccc12. The number of amides is 1. The van der Waals surface area contributed by atoms with E-state index in [1.807, 2.05) is 6.92 Å². The van der Waals surface area contributed by atoms with Crippen LogP contribution < -0.4 is 5.32 Å². The van der Waals surface area contributed by atoms with Crippen LogP contribution in [-0.4, -0.2) is 20.7 Å². The summed E-state index contributed by atoms with van der Waals surface area (Å²) in [5, 5.41) is 8.64. The zero-order valence-corrected chi connectivity index (χ0v) is 17.8. The van der Waals surface area contributed by atoms with Crippen LogP contribution in [0.4, 0.5) is 32.0 Å². The summed E-state index contributed by atoms with van der Waals surface area (Å²) in [7, 11) is 1.17. The number of benzene rings is 1. The van der Waals surface area contributed by atoms with Crippen LogP contribution >= 0.6 is 11.3 Å². The van der Waals surface area contributed by atoms with Crippen LogP contribution in [0.2, 0.25) is 0 Å². The van der Waals surface area contributed by atoms with Crippen molar-refractivity contribution in [3.63, 3.8) is 0 Å². The summed E-state index contributed by atoms with van der Waals surface area (Å²) in [6, 6.07) is 6.44. The Labute approximate surface area is 186 Å². The van der Waals surface area contributed by atoms with Gasteiger partial charge in [-0.25, -0.2) is 0 Å². The smallest absolute Gasteiger partial charge is 0.321 e. The molecule has 1 aromatic carbocycles. The summed E-state index contributed by atoms with van der Waals surface area (Å²) < 4.78 is 82.5. The lowest BCUT2D eigenvalue weighted by Crippen LogP contribution is -2.21. The molecule has 4 rings (SSSR count). The number of aromatic nitrogens is 3. The van der Waals surface area contributed by atoms with Gasteiger partial charge in [0.25, 0.3) is 5.91 Å². The van der Waals surface area contributed by atoms with Gasteiger partial charge in [0.15, 0.2) is 0 Å². The number of hydrogen-bond acceptors (Lipinski definition) is 4. The predicted molar refractivity (Wildman–Crippen MR) is 111 cm³/mol. The van der Waals surface area contributed by atoms with Crippen LogP contribution in [0.5, 0.6) is 0 Å². The van der Waals surface area contributed by atoms with Crippen LogP contribution in [0.3, 0.4) is 0 Å². The molecule has 5 nitrogen and oxygen atoms in total. The Morgan fingerprint density at radius 3 is 2.48 bits per heavy atom. The topological polar surface area (TPSA) is 59.8 Å². The maximum atomic E-state index is 14.1. The largest absolute Gasteiger partial charge is 0.433 e. The van der Waals surface area contributed by atoms with Gasteiger partial charge < -0.3 is 5.32 Å². The number of aryl methyl sites for hydroxylation is 2.